The van der Waals surface area contributed by atoms with Crippen LogP contribution in [-0.2, 0) is 6.54 Å². The van der Waals surface area contributed by atoms with Crippen LogP contribution in [0.4, 0.5) is 5.13 Å². The maximum Gasteiger partial charge on any atom is 0.288 e. The first-order chi connectivity index (χ1) is 14.2. The molecule has 3 heterocycles. The molecule has 0 saturated carbocycles. The Bertz CT molecular complexity index is 1070. The molecule has 0 atom stereocenters. The summed E-state index contributed by atoms with van der Waals surface area (Å²) in [6.07, 6.45) is 4.79. The molecule has 4 rings (SSSR count). The van der Waals surface area contributed by atoms with Crippen LogP contribution < -0.4 is 20.5 Å². The maximum absolute atomic E-state index is 12.8. The lowest BCUT2D eigenvalue weighted by atomic mass is 10.1. The fourth-order valence-electron chi connectivity index (χ4n) is 3.36. The van der Waals surface area contributed by atoms with Crippen LogP contribution >= 0.6 is 11.3 Å². The van der Waals surface area contributed by atoms with Crippen molar-refractivity contribution >= 4 is 27.3 Å². The van der Waals surface area contributed by atoms with E-state index in [1.165, 1.54) is 28.5 Å². The van der Waals surface area contributed by atoms with Gasteiger partial charge in [-0.2, -0.15) is 4.52 Å². The van der Waals surface area contributed by atoms with Crippen LogP contribution in [-0.4, -0.2) is 40.2 Å². The second-order valence-electron chi connectivity index (χ2n) is 6.83. The molecule has 2 aromatic heterocycles. The largest absolute Gasteiger partial charge is 0.494 e. The van der Waals surface area contributed by atoms with Gasteiger partial charge < -0.3 is 15.0 Å². The fourth-order valence-corrected chi connectivity index (χ4v) is 4.27. The Balaban J connectivity index is 1.53. The van der Waals surface area contributed by atoms with Crippen LogP contribution in [0, 0.1) is 0 Å². The van der Waals surface area contributed by atoms with E-state index in [0.29, 0.717) is 17.3 Å². The van der Waals surface area contributed by atoms with Crippen molar-refractivity contribution in [2.45, 2.75) is 32.7 Å². The van der Waals surface area contributed by atoms with Crippen molar-refractivity contribution in [3.8, 4) is 5.75 Å². The molecule has 1 fully saturated rings. The molecule has 29 heavy (non-hydrogen) atoms. The highest BCUT2D eigenvalue weighted by Crippen LogP contribution is 2.24. The van der Waals surface area contributed by atoms with Crippen molar-refractivity contribution in [3.05, 3.63) is 51.9 Å². The van der Waals surface area contributed by atoms with Crippen molar-refractivity contribution in [2.75, 3.05) is 24.6 Å². The molecule has 1 aliphatic rings. The van der Waals surface area contributed by atoms with Crippen molar-refractivity contribution in [1.29, 1.82) is 0 Å². The standard InChI is InChI=1S/C20H23N5O3S/c1-2-28-16-9-5-4-8-14(16)12-21-17(26)15-13-22-19-25(18(15)27)23-20(29-19)24-10-6-3-7-11-24/h4-5,8-9,13H,2-3,6-7,10-12H2,1H3,(H,21,26). The van der Waals surface area contributed by atoms with Crippen LogP contribution in [0.1, 0.15) is 42.1 Å². The molecule has 152 valence electrons. The normalized spacial score (nSPS) is 14.2. The smallest absolute Gasteiger partial charge is 0.288 e. The van der Waals surface area contributed by atoms with E-state index in [-0.39, 0.29) is 12.1 Å². The van der Waals surface area contributed by atoms with Gasteiger partial charge in [0.05, 0.1) is 6.61 Å². The number of carbonyl (C=O) groups excluding carboxylic acids is 1. The second-order valence-corrected chi connectivity index (χ2v) is 7.76. The van der Waals surface area contributed by atoms with E-state index in [2.05, 4.69) is 20.3 Å². The molecular weight excluding hydrogens is 390 g/mol. The molecule has 1 aliphatic heterocycles. The summed E-state index contributed by atoms with van der Waals surface area (Å²) in [5, 5.41) is 7.98. The van der Waals surface area contributed by atoms with Gasteiger partial charge in [-0.05, 0) is 32.3 Å². The number of nitrogens with one attached hydrogen (secondary N) is 1. The van der Waals surface area contributed by atoms with Crippen LogP contribution in [0.25, 0.3) is 4.96 Å². The number of ether oxygens (including phenoxy) is 1. The number of hydrogen-bond acceptors (Lipinski definition) is 7. The first kappa shape index (κ1) is 19.4. The molecule has 9 heteroatoms. The lowest BCUT2D eigenvalue weighted by Gasteiger charge is -2.25. The summed E-state index contributed by atoms with van der Waals surface area (Å²) in [5.74, 6) is 0.238. The number of benzene rings is 1. The number of amides is 1. The number of anilines is 1. The number of para-hydroxylation sites is 1. The van der Waals surface area contributed by atoms with E-state index in [1.54, 1.807) is 0 Å². The van der Waals surface area contributed by atoms with Gasteiger partial charge in [-0.25, -0.2) is 4.98 Å². The van der Waals surface area contributed by atoms with Gasteiger partial charge in [0.2, 0.25) is 10.1 Å². The average molecular weight is 414 g/mol. The highest BCUT2D eigenvalue weighted by molar-refractivity contribution is 7.20. The van der Waals surface area contributed by atoms with E-state index < -0.39 is 11.5 Å². The predicted molar refractivity (Wildman–Crippen MR) is 112 cm³/mol. The molecular formula is C20H23N5O3S. The van der Waals surface area contributed by atoms with Crippen molar-refractivity contribution in [2.24, 2.45) is 0 Å². The van der Waals surface area contributed by atoms with Crippen LogP contribution in [0.3, 0.4) is 0 Å². The Morgan fingerprint density at radius 2 is 2.03 bits per heavy atom. The van der Waals surface area contributed by atoms with Crippen molar-refractivity contribution < 1.29 is 9.53 Å². The van der Waals surface area contributed by atoms with Crippen molar-refractivity contribution in [1.82, 2.24) is 19.9 Å². The number of piperidine rings is 1. The Kier molecular flexibility index (Phi) is 5.75. The molecule has 0 unspecified atom stereocenters. The molecule has 0 bridgehead atoms. The van der Waals surface area contributed by atoms with Gasteiger partial charge in [0, 0.05) is 31.4 Å². The van der Waals surface area contributed by atoms with Gasteiger partial charge in [-0.15, -0.1) is 5.10 Å². The van der Waals surface area contributed by atoms with E-state index in [1.807, 2.05) is 31.2 Å². The second kappa shape index (κ2) is 8.60. The predicted octanol–water partition coefficient (Wildman–Crippen LogP) is 2.47. The first-order valence-electron chi connectivity index (χ1n) is 9.80. The minimum Gasteiger partial charge on any atom is -0.494 e. The zero-order chi connectivity index (χ0) is 20.2. The zero-order valence-corrected chi connectivity index (χ0v) is 17.1. The number of carbonyl (C=O) groups is 1. The minimum absolute atomic E-state index is 0.0214. The molecule has 1 saturated heterocycles. The third-order valence-corrected chi connectivity index (χ3v) is 5.84. The minimum atomic E-state index is -0.476. The average Bonchev–Trinajstić information content (AvgIpc) is 3.19. The molecule has 3 aromatic rings. The number of nitrogens with zero attached hydrogens (tertiary/aromatic N) is 4. The molecule has 1 aromatic carbocycles. The van der Waals surface area contributed by atoms with Crippen LogP contribution in [0.15, 0.2) is 35.3 Å². The van der Waals surface area contributed by atoms with E-state index in [0.717, 1.165) is 36.6 Å². The van der Waals surface area contributed by atoms with Gasteiger partial charge in [-0.3, -0.25) is 9.59 Å². The van der Waals surface area contributed by atoms with Gasteiger partial charge >= 0.3 is 0 Å². The molecule has 0 spiro atoms. The summed E-state index contributed by atoms with van der Waals surface area (Å²) < 4.78 is 6.81. The maximum atomic E-state index is 12.8. The summed E-state index contributed by atoms with van der Waals surface area (Å²) in [7, 11) is 0. The highest BCUT2D eigenvalue weighted by atomic mass is 32.1. The third kappa shape index (κ3) is 4.09. The number of hydrogen-bond donors (Lipinski definition) is 1. The Morgan fingerprint density at radius 3 is 2.83 bits per heavy atom. The van der Waals surface area contributed by atoms with Gasteiger partial charge in [0.25, 0.3) is 11.5 Å². The Hall–Kier alpha value is -2.94. The topological polar surface area (TPSA) is 88.8 Å². The first-order valence-corrected chi connectivity index (χ1v) is 10.6. The lowest BCUT2D eigenvalue weighted by molar-refractivity contribution is 0.0948. The highest BCUT2D eigenvalue weighted by Gasteiger charge is 2.19. The van der Waals surface area contributed by atoms with Gasteiger partial charge in [0.15, 0.2) is 0 Å². The Morgan fingerprint density at radius 1 is 1.24 bits per heavy atom. The number of rotatable bonds is 6. The van der Waals surface area contributed by atoms with Crippen LogP contribution in [0.2, 0.25) is 0 Å². The van der Waals surface area contributed by atoms with Crippen LogP contribution in [0.5, 0.6) is 5.75 Å². The SMILES string of the molecule is CCOc1ccccc1CNC(=O)c1cnc2sc(N3CCCCC3)nn2c1=O. The van der Waals surface area contributed by atoms with Gasteiger partial charge in [0.1, 0.15) is 11.3 Å². The molecule has 8 nitrogen and oxygen atoms in total. The van der Waals surface area contributed by atoms with E-state index in [9.17, 15) is 9.59 Å². The van der Waals surface area contributed by atoms with Gasteiger partial charge in [-0.1, -0.05) is 29.5 Å². The molecule has 1 amide bonds. The molecule has 0 aliphatic carbocycles. The number of aromatic nitrogens is 3. The van der Waals surface area contributed by atoms with E-state index >= 15 is 0 Å². The summed E-state index contributed by atoms with van der Waals surface area (Å²) in [5.41, 5.74) is 0.370. The Labute approximate surface area is 172 Å². The fraction of sp³-hybridized carbons (Fsp3) is 0.400. The molecule has 1 N–H and O–H groups in total. The molecule has 0 radical (unpaired) electrons. The monoisotopic (exact) mass is 413 g/mol. The lowest BCUT2D eigenvalue weighted by Crippen LogP contribution is -2.32. The quantitative estimate of drug-likeness (QED) is 0.668. The van der Waals surface area contributed by atoms with E-state index in [4.69, 9.17) is 4.74 Å². The number of fused-ring (bicyclic) bond motifs is 1. The summed E-state index contributed by atoms with van der Waals surface area (Å²) >= 11 is 1.37. The van der Waals surface area contributed by atoms with Crippen molar-refractivity contribution in [3.63, 3.8) is 0 Å². The summed E-state index contributed by atoms with van der Waals surface area (Å²) in [4.78, 5) is 32.4. The third-order valence-electron chi connectivity index (χ3n) is 4.86. The summed E-state index contributed by atoms with van der Waals surface area (Å²) in [6.45, 7) is 4.56. The summed E-state index contributed by atoms with van der Waals surface area (Å²) in [6, 6.07) is 7.49. The zero-order valence-electron chi connectivity index (χ0n) is 16.3.